The minimum absolute atomic E-state index is 0.202. The number of fused-ring (bicyclic) bond motifs is 1. The molecule has 4 nitrogen and oxygen atoms in total. The summed E-state index contributed by atoms with van der Waals surface area (Å²) in [6.45, 7) is 8.33. The molecular formula is C24H33N3O. The number of carbonyl (C=O) groups is 1. The molecule has 0 spiro atoms. The van der Waals surface area contributed by atoms with E-state index >= 15 is 0 Å². The summed E-state index contributed by atoms with van der Waals surface area (Å²) in [6, 6.07) is 10.7. The largest absolute Gasteiger partial charge is 0.371 e. The van der Waals surface area contributed by atoms with E-state index in [9.17, 15) is 4.79 Å². The standard InChI is InChI=1S/C24H33N3O/c1-3-6-20-17-23(21-7-4-5-8-22(21)25-20)26-15-11-19(12-16-26)24(28)27-13-9-18(2)10-14-27/h4-5,7-8,17-19H,3,6,9-16H2,1-2H3. The first-order chi connectivity index (χ1) is 13.7. The van der Waals surface area contributed by atoms with Crippen LogP contribution in [-0.4, -0.2) is 42.0 Å². The lowest BCUT2D eigenvalue weighted by atomic mass is 9.92. The van der Waals surface area contributed by atoms with E-state index in [4.69, 9.17) is 4.98 Å². The van der Waals surface area contributed by atoms with Gasteiger partial charge in [0.2, 0.25) is 5.91 Å². The number of nitrogens with zero attached hydrogens (tertiary/aromatic N) is 3. The smallest absolute Gasteiger partial charge is 0.225 e. The Bertz CT molecular complexity index is 818. The first-order valence-corrected chi connectivity index (χ1v) is 11.1. The Morgan fingerprint density at radius 3 is 2.50 bits per heavy atom. The number of carbonyl (C=O) groups excluding carboxylic acids is 1. The van der Waals surface area contributed by atoms with Crippen molar-refractivity contribution in [3.63, 3.8) is 0 Å². The predicted octanol–water partition coefficient (Wildman–Crippen LogP) is 4.66. The molecule has 0 saturated carbocycles. The highest BCUT2D eigenvalue weighted by Crippen LogP contribution is 2.31. The van der Waals surface area contributed by atoms with Gasteiger partial charge in [0.25, 0.3) is 0 Å². The molecule has 2 fully saturated rings. The molecule has 150 valence electrons. The lowest BCUT2D eigenvalue weighted by Crippen LogP contribution is -2.45. The first kappa shape index (κ1) is 19.2. The van der Waals surface area contributed by atoms with Gasteiger partial charge in [0, 0.05) is 48.9 Å². The van der Waals surface area contributed by atoms with Gasteiger partial charge in [-0.2, -0.15) is 0 Å². The highest BCUT2D eigenvalue weighted by atomic mass is 16.2. The van der Waals surface area contributed by atoms with Gasteiger partial charge >= 0.3 is 0 Å². The Labute approximate surface area is 168 Å². The fraction of sp³-hybridized carbons (Fsp3) is 0.583. The van der Waals surface area contributed by atoms with E-state index in [0.29, 0.717) is 5.91 Å². The number of aryl methyl sites for hydroxylation is 1. The van der Waals surface area contributed by atoms with Crippen LogP contribution >= 0.6 is 0 Å². The summed E-state index contributed by atoms with van der Waals surface area (Å²) < 4.78 is 0. The van der Waals surface area contributed by atoms with Crippen molar-refractivity contribution in [1.29, 1.82) is 0 Å². The summed E-state index contributed by atoms with van der Waals surface area (Å²) in [5.74, 6) is 1.37. The number of anilines is 1. The second-order valence-corrected chi connectivity index (χ2v) is 8.67. The molecule has 0 aliphatic carbocycles. The maximum Gasteiger partial charge on any atom is 0.225 e. The van der Waals surface area contributed by atoms with E-state index in [2.05, 4.69) is 54.0 Å². The zero-order valence-corrected chi connectivity index (χ0v) is 17.4. The van der Waals surface area contributed by atoms with Crippen LogP contribution in [0.15, 0.2) is 30.3 Å². The summed E-state index contributed by atoms with van der Waals surface area (Å²) in [6.07, 6.45) is 6.37. The summed E-state index contributed by atoms with van der Waals surface area (Å²) in [5.41, 5.74) is 3.56. The minimum Gasteiger partial charge on any atom is -0.371 e. The van der Waals surface area contributed by atoms with Crippen molar-refractivity contribution in [3.05, 3.63) is 36.0 Å². The van der Waals surface area contributed by atoms with Crippen LogP contribution in [0.25, 0.3) is 10.9 Å². The Hall–Kier alpha value is -2.10. The van der Waals surface area contributed by atoms with E-state index in [1.165, 1.54) is 16.8 Å². The molecule has 1 amide bonds. The predicted molar refractivity (Wildman–Crippen MR) is 116 cm³/mol. The van der Waals surface area contributed by atoms with Crippen LogP contribution in [0.1, 0.15) is 51.6 Å². The van der Waals surface area contributed by atoms with Crippen LogP contribution in [0.4, 0.5) is 5.69 Å². The molecule has 0 bridgehead atoms. The third-order valence-electron chi connectivity index (χ3n) is 6.53. The molecule has 0 unspecified atom stereocenters. The van der Waals surface area contributed by atoms with Crippen molar-refractivity contribution in [3.8, 4) is 0 Å². The van der Waals surface area contributed by atoms with Crippen molar-refractivity contribution in [2.24, 2.45) is 11.8 Å². The highest BCUT2D eigenvalue weighted by Gasteiger charge is 2.30. The second-order valence-electron chi connectivity index (χ2n) is 8.67. The molecule has 2 aliphatic rings. The monoisotopic (exact) mass is 379 g/mol. The van der Waals surface area contributed by atoms with Crippen molar-refractivity contribution >= 4 is 22.5 Å². The number of aromatic nitrogens is 1. The fourth-order valence-corrected chi connectivity index (χ4v) is 4.71. The van der Waals surface area contributed by atoms with Gasteiger partial charge in [0.15, 0.2) is 0 Å². The highest BCUT2D eigenvalue weighted by molar-refractivity contribution is 5.92. The quantitative estimate of drug-likeness (QED) is 0.775. The van der Waals surface area contributed by atoms with Crippen LogP contribution in [0.3, 0.4) is 0 Å². The van der Waals surface area contributed by atoms with Crippen LogP contribution in [0.5, 0.6) is 0 Å². The Morgan fingerprint density at radius 1 is 1.07 bits per heavy atom. The summed E-state index contributed by atoms with van der Waals surface area (Å²) in [5, 5.41) is 1.23. The molecule has 28 heavy (non-hydrogen) atoms. The maximum absolute atomic E-state index is 13.0. The molecule has 2 aliphatic heterocycles. The van der Waals surface area contributed by atoms with Gasteiger partial charge in [0.1, 0.15) is 0 Å². The lowest BCUT2D eigenvalue weighted by molar-refractivity contribution is -0.137. The second kappa shape index (κ2) is 8.50. The third-order valence-corrected chi connectivity index (χ3v) is 6.53. The van der Waals surface area contributed by atoms with Crippen LogP contribution in [0.2, 0.25) is 0 Å². The number of hydrogen-bond donors (Lipinski definition) is 0. The number of piperidine rings is 2. The van der Waals surface area contributed by atoms with E-state index < -0.39 is 0 Å². The number of para-hydroxylation sites is 1. The number of pyridine rings is 1. The Morgan fingerprint density at radius 2 is 1.79 bits per heavy atom. The average Bonchev–Trinajstić information content (AvgIpc) is 2.74. The van der Waals surface area contributed by atoms with Crippen molar-refractivity contribution in [2.75, 3.05) is 31.1 Å². The molecule has 1 aromatic carbocycles. The molecule has 3 heterocycles. The Balaban J connectivity index is 1.47. The molecule has 1 aromatic heterocycles. The lowest BCUT2D eigenvalue weighted by Gasteiger charge is -2.38. The number of hydrogen-bond acceptors (Lipinski definition) is 3. The topological polar surface area (TPSA) is 36.4 Å². The normalized spacial score (nSPS) is 19.4. The van der Waals surface area contributed by atoms with Crippen LogP contribution in [0, 0.1) is 11.8 Å². The number of rotatable bonds is 4. The number of amides is 1. The Kier molecular flexibility index (Phi) is 5.84. The van der Waals surface area contributed by atoms with Gasteiger partial charge in [-0.3, -0.25) is 9.78 Å². The SMILES string of the molecule is CCCc1cc(N2CCC(C(=O)N3CCC(C)CC3)CC2)c2ccccc2n1. The van der Waals surface area contributed by atoms with E-state index in [1.807, 2.05) is 0 Å². The third kappa shape index (κ3) is 4.01. The molecule has 0 atom stereocenters. The van der Waals surface area contributed by atoms with Crippen molar-refractivity contribution in [2.45, 2.75) is 52.4 Å². The molecule has 2 saturated heterocycles. The van der Waals surface area contributed by atoms with Gasteiger partial charge in [-0.05, 0) is 50.2 Å². The van der Waals surface area contributed by atoms with Crippen LogP contribution < -0.4 is 4.90 Å². The molecular weight excluding hydrogens is 346 g/mol. The van der Waals surface area contributed by atoms with Crippen molar-refractivity contribution in [1.82, 2.24) is 9.88 Å². The fourth-order valence-electron chi connectivity index (χ4n) is 4.71. The molecule has 4 rings (SSSR count). The molecule has 4 heteroatoms. The zero-order valence-electron chi connectivity index (χ0n) is 17.4. The molecule has 0 N–H and O–H groups in total. The van der Waals surface area contributed by atoms with Crippen molar-refractivity contribution < 1.29 is 4.79 Å². The van der Waals surface area contributed by atoms with Gasteiger partial charge in [-0.25, -0.2) is 0 Å². The summed E-state index contributed by atoms with van der Waals surface area (Å²) in [7, 11) is 0. The number of benzene rings is 1. The minimum atomic E-state index is 0.202. The summed E-state index contributed by atoms with van der Waals surface area (Å²) in [4.78, 5) is 22.4. The van der Waals surface area contributed by atoms with E-state index in [-0.39, 0.29) is 5.92 Å². The average molecular weight is 380 g/mol. The van der Waals surface area contributed by atoms with E-state index in [1.54, 1.807) is 0 Å². The van der Waals surface area contributed by atoms with Gasteiger partial charge in [-0.1, -0.05) is 38.5 Å². The van der Waals surface area contributed by atoms with Crippen LogP contribution in [-0.2, 0) is 11.2 Å². The maximum atomic E-state index is 13.0. The molecule has 2 aromatic rings. The van der Waals surface area contributed by atoms with Gasteiger partial charge in [0.05, 0.1) is 5.52 Å². The zero-order chi connectivity index (χ0) is 19.5. The van der Waals surface area contributed by atoms with Gasteiger partial charge < -0.3 is 9.80 Å². The summed E-state index contributed by atoms with van der Waals surface area (Å²) >= 11 is 0. The van der Waals surface area contributed by atoms with Gasteiger partial charge in [-0.15, -0.1) is 0 Å². The number of likely N-dealkylation sites (tertiary alicyclic amines) is 1. The van der Waals surface area contributed by atoms with E-state index in [0.717, 1.165) is 76.1 Å². The first-order valence-electron chi connectivity index (χ1n) is 11.1. The molecule has 0 radical (unpaired) electrons.